The van der Waals surface area contributed by atoms with E-state index in [0.717, 1.165) is 21.8 Å². The predicted octanol–water partition coefficient (Wildman–Crippen LogP) is 2.58. The van der Waals surface area contributed by atoms with Gasteiger partial charge in [0.25, 0.3) is 0 Å². The summed E-state index contributed by atoms with van der Waals surface area (Å²) in [6.45, 7) is 1.93. The third kappa shape index (κ3) is 3.77. The molecule has 2 heterocycles. The van der Waals surface area contributed by atoms with Crippen LogP contribution >= 0.6 is 11.8 Å². The van der Waals surface area contributed by atoms with Crippen LogP contribution in [0.25, 0.3) is 5.69 Å². The Balaban J connectivity index is 1.42. The average molecular weight is 393 g/mol. The minimum absolute atomic E-state index is 0.0117. The molecule has 0 saturated carbocycles. The molecule has 2 amide bonds. The number of amides is 2. The van der Waals surface area contributed by atoms with Gasteiger partial charge in [0, 0.05) is 4.90 Å². The highest BCUT2D eigenvalue weighted by atomic mass is 32.2. The number of rotatable bonds is 5. The minimum atomic E-state index is -0.192. The number of fused-ring (bicyclic) bond motifs is 1. The third-order valence-corrected chi connectivity index (χ3v) is 5.61. The van der Waals surface area contributed by atoms with Gasteiger partial charge in [0.2, 0.25) is 11.8 Å². The van der Waals surface area contributed by atoms with Gasteiger partial charge in [0.1, 0.15) is 19.2 Å². The van der Waals surface area contributed by atoms with E-state index >= 15 is 0 Å². The molecule has 0 spiro atoms. The van der Waals surface area contributed by atoms with Gasteiger partial charge in [-0.2, -0.15) is 5.10 Å². The largest absolute Gasteiger partial charge is 0.348 e. The smallest absolute Gasteiger partial charge is 0.240 e. The Bertz CT molecular complexity index is 988. The number of aromatic nitrogens is 3. The third-order valence-electron chi connectivity index (χ3n) is 4.56. The van der Waals surface area contributed by atoms with E-state index in [9.17, 15) is 9.59 Å². The van der Waals surface area contributed by atoms with E-state index in [-0.39, 0.29) is 24.4 Å². The first-order chi connectivity index (χ1) is 13.6. The number of anilines is 1. The molecule has 1 aromatic heterocycles. The second-order valence-corrected chi connectivity index (χ2v) is 7.47. The highest BCUT2D eigenvalue weighted by Crippen LogP contribution is 2.34. The molecule has 0 unspecified atom stereocenters. The first-order valence-electron chi connectivity index (χ1n) is 8.88. The van der Waals surface area contributed by atoms with Crippen LogP contribution in [0.4, 0.5) is 5.69 Å². The van der Waals surface area contributed by atoms with Gasteiger partial charge >= 0.3 is 0 Å². The molecule has 7 nitrogen and oxygen atoms in total. The standard InChI is InChI=1S/C20H19N5O2S/c1-14(15-6-8-16(9-7-15)25-13-21-12-22-25)23-19(26)10-24-17-4-2-3-5-18(17)28-11-20(24)27/h2-9,12-14H,10-11H2,1H3,(H,23,26)/t14-/m1/s1. The number of thioether (sulfide) groups is 1. The van der Waals surface area contributed by atoms with Crippen LogP contribution in [0.3, 0.4) is 0 Å². The van der Waals surface area contributed by atoms with Crippen molar-refractivity contribution in [1.82, 2.24) is 20.1 Å². The fraction of sp³-hybridized carbons (Fsp3) is 0.200. The van der Waals surface area contributed by atoms with Crippen LogP contribution in [0.15, 0.2) is 66.1 Å². The lowest BCUT2D eigenvalue weighted by Gasteiger charge is -2.28. The predicted molar refractivity (Wildman–Crippen MR) is 107 cm³/mol. The summed E-state index contributed by atoms with van der Waals surface area (Å²) in [5, 5.41) is 7.07. The van der Waals surface area contributed by atoms with Crippen molar-refractivity contribution in [1.29, 1.82) is 0 Å². The van der Waals surface area contributed by atoms with Gasteiger partial charge in [-0.25, -0.2) is 9.67 Å². The zero-order chi connectivity index (χ0) is 19.5. The number of nitrogens with zero attached hydrogens (tertiary/aromatic N) is 4. The van der Waals surface area contributed by atoms with Crippen molar-refractivity contribution in [2.24, 2.45) is 0 Å². The van der Waals surface area contributed by atoms with Crippen LogP contribution in [0.5, 0.6) is 0 Å². The lowest BCUT2D eigenvalue weighted by atomic mass is 10.1. The summed E-state index contributed by atoms with van der Waals surface area (Å²) < 4.78 is 1.67. The van der Waals surface area contributed by atoms with Crippen molar-refractivity contribution in [2.75, 3.05) is 17.2 Å². The second-order valence-electron chi connectivity index (χ2n) is 6.46. The first-order valence-corrected chi connectivity index (χ1v) is 9.87. The van der Waals surface area contributed by atoms with E-state index in [1.807, 2.05) is 55.5 Å². The first kappa shape index (κ1) is 18.2. The lowest BCUT2D eigenvalue weighted by molar-refractivity contribution is -0.123. The van der Waals surface area contributed by atoms with Crippen molar-refractivity contribution in [2.45, 2.75) is 17.9 Å². The number of hydrogen-bond donors (Lipinski definition) is 1. The Hall–Kier alpha value is -3.13. The average Bonchev–Trinajstić information content (AvgIpc) is 3.25. The molecule has 1 aliphatic rings. The summed E-state index contributed by atoms with van der Waals surface area (Å²) in [7, 11) is 0. The minimum Gasteiger partial charge on any atom is -0.348 e. The molecule has 2 aromatic carbocycles. The quantitative estimate of drug-likeness (QED) is 0.721. The zero-order valence-corrected chi connectivity index (χ0v) is 16.1. The summed E-state index contributed by atoms with van der Waals surface area (Å²) in [5.41, 5.74) is 2.66. The van der Waals surface area contributed by atoms with Crippen LogP contribution in [-0.4, -0.2) is 38.9 Å². The molecule has 0 radical (unpaired) electrons. The normalized spacial score (nSPS) is 14.5. The topological polar surface area (TPSA) is 80.1 Å². The maximum atomic E-state index is 12.6. The zero-order valence-electron chi connectivity index (χ0n) is 15.3. The Kier molecular flexibility index (Phi) is 5.12. The molecule has 1 atom stereocenters. The number of hydrogen-bond acceptors (Lipinski definition) is 5. The summed E-state index contributed by atoms with van der Waals surface area (Å²) in [4.78, 5) is 31.4. The Morgan fingerprint density at radius 3 is 2.75 bits per heavy atom. The van der Waals surface area contributed by atoms with Gasteiger partial charge in [-0.05, 0) is 36.8 Å². The van der Waals surface area contributed by atoms with Crippen molar-refractivity contribution >= 4 is 29.3 Å². The highest BCUT2D eigenvalue weighted by molar-refractivity contribution is 8.00. The highest BCUT2D eigenvalue weighted by Gasteiger charge is 2.26. The maximum Gasteiger partial charge on any atom is 0.240 e. The van der Waals surface area contributed by atoms with Gasteiger partial charge in [0.15, 0.2) is 0 Å². The molecule has 0 fully saturated rings. The molecule has 8 heteroatoms. The monoisotopic (exact) mass is 393 g/mol. The van der Waals surface area contributed by atoms with E-state index < -0.39 is 0 Å². The molecule has 142 valence electrons. The van der Waals surface area contributed by atoms with E-state index in [2.05, 4.69) is 15.4 Å². The molecular weight excluding hydrogens is 374 g/mol. The van der Waals surface area contributed by atoms with E-state index in [1.54, 1.807) is 15.9 Å². The van der Waals surface area contributed by atoms with Gasteiger partial charge < -0.3 is 10.2 Å². The Labute approximate surface area is 166 Å². The summed E-state index contributed by atoms with van der Waals surface area (Å²) >= 11 is 1.50. The number of carbonyl (C=O) groups excluding carboxylic acids is 2. The van der Waals surface area contributed by atoms with Crippen LogP contribution in [0.2, 0.25) is 0 Å². The molecule has 1 N–H and O–H groups in total. The lowest BCUT2D eigenvalue weighted by Crippen LogP contribution is -2.43. The van der Waals surface area contributed by atoms with E-state index in [0.29, 0.717) is 5.75 Å². The van der Waals surface area contributed by atoms with Crippen molar-refractivity contribution < 1.29 is 9.59 Å². The fourth-order valence-corrected chi connectivity index (χ4v) is 4.03. The van der Waals surface area contributed by atoms with Crippen molar-refractivity contribution in [3.63, 3.8) is 0 Å². The van der Waals surface area contributed by atoms with Gasteiger partial charge in [-0.3, -0.25) is 9.59 Å². The summed E-state index contributed by atoms with van der Waals surface area (Å²) in [6, 6.07) is 15.2. The Morgan fingerprint density at radius 1 is 1.21 bits per heavy atom. The number of para-hydroxylation sites is 1. The molecule has 28 heavy (non-hydrogen) atoms. The molecule has 0 aliphatic carbocycles. The molecular formula is C20H19N5O2S. The molecule has 1 aliphatic heterocycles. The summed E-state index contributed by atoms with van der Waals surface area (Å²) in [6.07, 6.45) is 3.11. The van der Waals surface area contributed by atoms with Gasteiger partial charge in [0.05, 0.1) is 23.2 Å². The molecule has 0 bridgehead atoms. The maximum absolute atomic E-state index is 12.6. The van der Waals surface area contributed by atoms with Crippen LogP contribution < -0.4 is 10.2 Å². The molecule has 4 rings (SSSR count). The number of nitrogens with one attached hydrogen (secondary N) is 1. The Morgan fingerprint density at radius 2 is 2.00 bits per heavy atom. The van der Waals surface area contributed by atoms with Crippen LogP contribution in [0.1, 0.15) is 18.5 Å². The van der Waals surface area contributed by atoms with E-state index in [4.69, 9.17) is 0 Å². The SMILES string of the molecule is C[C@@H](NC(=O)CN1C(=O)CSc2ccccc21)c1ccc(-n2cncn2)cc1. The van der Waals surface area contributed by atoms with Gasteiger partial charge in [-0.15, -0.1) is 11.8 Å². The van der Waals surface area contributed by atoms with Gasteiger partial charge in [-0.1, -0.05) is 24.3 Å². The summed E-state index contributed by atoms with van der Waals surface area (Å²) in [5.74, 6) is 0.107. The van der Waals surface area contributed by atoms with Crippen LogP contribution in [0, 0.1) is 0 Å². The molecule has 0 saturated heterocycles. The van der Waals surface area contributed by atoms with Crippen molar-refractivity contribution in [3.8, 4) is 5.69 Å². The van der Waals surface area contributed by atoms with E-state index in [1.165, 1.54) is 18.1 Å². The fourth-order valence-electron chi connectivity index (χ4n) is 3.10. The van der Waals surface area contributed by atoms with Crippen molar-refractivity contribution in [3.05, 3.63) is 66.7 Å². The second kappa shape index (κ2) is 7.85. The number of benzene rings is 2. The van der Waals surface area contributed by atoms with Crippen LogP contribution in [-0.2, 0) is 9.59 Å². The number of carbonyl (C=O) groups is 2. The molecule has 3 aromatic rings.